The van der Waals surface area contributed by atoms with Crippen molar-refractivity contribution in [2.45, 2.75) is 33.6 Å². The Kier molecular flexibility index (Phi) is 6.09. The van der Waals surface area contributed by atoms with Crippen LogP contribution in [0, 0.1) is 5.41 Å². The molecule has 1 rings (SSSR count). The molecule has 106 valence electrons. The molecule has 0 aliphatic carbocycles. The fourth-order valence-electron chi connectivity index (χ4n) is 2.00. The molecular weight excluding hydrogens is 228 g/mol. The molecular formula is C14H28N2O2. The molecule has 0 aromatic rings. The van der Waals surface area contributed by atoms with Gasteiger partial charge in [-0.3, -0.25) is 4.79 Å². The van der Waals surface area contributed by atoms with Crippen LogP contribution in [0.25, 0.3) is 0 Å². The Labute approximate surface area is 111 Å². The van der Waals surface area contributed by atoms with Gasteiger partial charge in [0.05, 0.1) is 12.0 Å². The van der Waals surface area contributed by atoms with Gasteiger partial charge in [0.15, 0.2) is 0 Å². The second-order valence-electron chi connectivity index (χ2n) is 5.91. The van der Waals surface area contributed by atoms with Crippen molar-refractivity contribution in [1.29, 1.82) is 0 Å². The summed E-state index contributed by atoms with van der Waals surface area (Å²) in [5.74, 6) is -0.0570. The van der Waals surface area contributed by atoms with Crippen LogP contribution in [-0.2, 0) is 9.53 Å². The highest BCUT2D eigenvalue weighted by molar-refractivity contribution is 5.75. The minimum Gasteiger partial charge on any atom is -0.465 e. The molecule has 0 saturated carbocycles. The van der Waals surface area contributed by atoms with Crippen molar-refractivity contribution in [1.82, 2.24) is 9.80 Å². The van der Waals surface area contributed by atoms with Crippen LogP contribution < -0.4 is 0 Å². The number of carbonyl (C=O) groups excluding carboxylic acids is 1. The molecule has 1 aliphatic heterocycles. The Bertz CT molecular complexity index is 259. The predicted octanol–water partition coefficient (Wildman–Crippen LogP) is 1.60. The highest BCUT2D eigenvalue weighted by Crippen LogP contribution is 2.23. The van der Waals surface area contributed by atoms with E-state index in [0.29, 0.717) is 6.61 Å². The van der Waals surface area contributed by atoms with Gasteiger partial charge in [-0.2, -0.15) is 0 Å². The minimum absolute atomic E-state index is 0.0570. The van der Waals surface area contributed by atoms with Crippen LogP contribution in [0.1, 0.15) is 33.6 Å². The second kappa shape index (κ2) is 7.10. The lowest BCUT2D eigenvalue weighted by Gasteiger charge is -2.34. The third kappa shape index (κ3) is 4.94. The average Bonchev–Trinajstić information content (AvgIpc) is 2.35. The van der Waals surface area contributed by atoms with Crippen LogP contribution in [-0.4, -0.2) is 62.1 Å². The third-order valence-corrected chi connectivity index (χ3v) is 3.64. The predicted molar refractivity (Wildman–Crippen MR) is 73.6 cm³/mol. The molecule has 0 amide bonds. The van der Waals surface area contributed by atoms with Crippen molar-refractivity contribution in [3.8, 4) is 0 Å². The number of ether oxygens (including phenoxy) is 1. The Balaban J connectivity index is 2.29. The Morgan fingerprint density at radius 3 is 2.39 bits per heavy atom. The van der Waals surface area contributed by atoms with Crippen molar-refractivity contribution in [3.05, 3.63) is 0 Å². The highest BCUT2D eigenvalue weighted by Gasteiger charge is 2.30. The smallest absolute Gasteiger partial charge is 0.311 e. The highest BCUT2D eigenvalue weighted by atomic mass is 16.5. The van der Waals surface area contributed by atoms with Crippen molar-refractivity contribution >= 4 is 5.97 Å². The summed E-state index contributed by atoms with van der Waals surface area (Å²) < 4.78 is 5.25. The maximum absolute atomic E-state index is 11.9. The molecule has 1 heterocycles. The van der Waals surface area contributed by atoms with Gasteiger partial charge in [0.25, 0.3) is 0 Å². The second-order valence-corrected chi connectivity index (χ2v) is 5.91. The van der Waals surface area contributed by atoms with Gasteiger partial charge < -0.3 is 14.5 Å². The number of piperazine rings is 1. The van der Waals surface area contributed by atoms with Crippen molar-refractivity contribution < 1.29 is 9.53 Å². The first-order chi connectivity index (χ1) is 8.45. The molecule has 0 aromatic carbocycles. The summed E-state index contributed by atoms with van der Waals surface area (Å²) in [4.78, 5) is 16.7. The Hall–Kier alpha value is -0.610. The van der Waals surface area contributed by atoms with Gasteiger partial charge in [-0.25, -0.2) is 0 Å². The van der Waals surface area contributed by atoms with E-state index in [0.717, 1.165) is 45.6 Å². The van der Waals surface area contributed by atoms with E-state index < -0.39 is 0 Å². The fraction of sp³-hybridized carbons (Fsp3) is 0.929. The van der Waals surface area contributed by atoms with E-state index in [1.807, 2.05) is 20.8 Å². The summed E-state index contributed by atoms with van der Waals surface area (Å²) in [5.41, 5.74) is -0.363. The molecule has 1 saturated heterocycles. The molecule has 1 fully saturated rings. The summed E-state index contributed by atoms with van der Waals surface area (Å²) in [6.07, 6.45) is 1.76. The zero-order valence-corrected chi connectivity index (χ0v) is 12.4. The van der Waals surface area contributed by atoms with E-state index >= 15 is 0 Å². The normalized spacial score (nSPS) is 18.9. The van der Waals surface area contributed by atoms with Gasteiger partial charge in [-0.15, -0.1) is 0 Å². The van der Waals surface area contributed by atoms with Crippen molar-refractivity contribution in [3.63, 3.8) is 0 Å². The van der Waals surface area contributed by atoms with Gasteiger partial charge >= 0.3 is 5.97 Å². The Morgan fingerprint density at radius 1 is 1.22 bits per heavy atom. The topological polar surface area (TPSA) is 32.8 Å². The van der Waals surface area contributed by atoms with Gasteiger partial charge in [-0.1, -0.05) is 6.92 Å². The van der Waals surface area contributed by atoms with Crippen molar-refractivity contribution in [2.24, 2.45) is 5.41 Å². The van der Waals surface area contributed by atoms with E-state index in [2.05, 4.69) is 16.8 Å². The molecule has 0 atom stereocenters. The van der Waals surface area contributed by atoms with Gasteiger partial charge in [0, 0.05) is 26.2 Å². The van der Waals surface area contributed by atoms with Crippen LogP contribution in [0.15, 0.2) is 0 Å². The van der Waals surface area contributed by atoms with Crippen LogP contribution >= 0.6 is 0 Å². The number of carbonyl (C=O) groups is 1. The summed E-state index contributed by atoms with van der Waals surface area (Å²) in [5, 5.41) is 0. The quantitative estimate of drug-likeness (QED) is 0.676. The maximum atomic E-state index is 11.9. The summed E-state index contributed by atoms with van der Waals surface area (Å²) in [6.45, 7) is 12.0. The maximum Gasteiger partial charge on any atom is 0.311 e. The number of esters is 1. The monoisotopic (exact) mass is 256 g/mol. The van der Waals surface area contributed by atoms with E-state index in [-0.39, 0.29) is 11.4 Å². The van der Waals surface area contributed by atoms with Gasteiger partial charge in [0.2, 0.25) is 0 Å². The molecule has 1 aliphatic rings. The lowest BCUT2D eigenvalue weighted by atomic mass is 9.89. The molecule has 4 nitrogen and oxygen atoms in total. The Morgan fingerprint density at radius 2 is 1.83 bits per heavy atom. The average molecular weight is 256 g/mol. The van der Waals surface area contributed by atoms with Crippen molar-refractivity contribution in [2.75, 3.05) is 46.4 Å². The molecule has 0 N–H and O–H groups in total. The summed E-state index contributed by atoms with van der Waals surface area (Å²) in [7, 11) is 2.16. The number of hydrogen-bond donors (Lipinski definition) is 0. The third-order valence-electron chi connectivity index (χ3n) is 3.64. The van der Waals surface area contributed by atoms with Gasteiger partial charge in [0.1, 0.15) is 0 Å². The van der Waals surface area contributed by atoms with Gasteiger partial charge in [-0.05, 0) is 40.3 Å². The summed E-state index contributed by atoms with van der Waals surface area (Å²) in [6, 6.07) is 0. The molecule has 0 unspecified atom stereocenters. The molecule has 0 bridgehead atoms. The van der Waals surface area contributed by atoms with E-state index in [9.17, 15) is 4.79 Å². The van der Waals surface area contributed by atoms with Crippen LogP contribution in [0.5, 0.6) is 0 Å². The van der Waals surface area contributed by atoms with E-state index in [4.69, 9.17) is 4.74 Å². The first kappa shape index (κ1) is 15.4. The molecule has 4 heteroatoms. The molecule has 0 radical (unpaired) electrons. The lowest BCUT2D eigenvalue weighted by Crippen LogP contribution is -2.45. The molecule has 0 spiro atoms. The van der Waals surface area contributed by atoms with Crippen LogP contribution in [0.4, 0.5) is 0 Å². The molecule has 0 aromatic heterocycles. The van der Waals surface area contributed by atoms with Crippen LogP contribution in [0.3, 0.4) is 0 Å². The standard InChI is InChI=1S/C14H28N2O2/c1-5-12-18-13(17)14(2,3)6-7-16-10-8-15(4)9-11-16/h5-12H2,1-4H3. The lowest BCUT2D eigenvalue weighted by molar-refractivity contribution is -0.154. The summed E-state index contributed by atoms with van der Waals surface area (Å²) >= 11 is 0. The van der Waals surface area contributed by atoms with E-state index in [1.54, 1.807) is 0 Å². The zero-order chi connectivity index (χ0) is 13.6. The largest absolute Gasteiger partial charge is 0.465 e. The fourth-order valence-corrected chi connectivity index (χ4v) is 2.00. The first-order valence-electron chi connectivity index (χ1n) is 7.04. The number of nitrogens with zero attached hydrogens (tertiary/aromatic N) is 2. The number of likely N-dealkylation sites (N-methyl/N-ethyl adjacent to an activating group) is 1. The first-order valence-corrected chi connectivity index (χ1v) is 7.04. The SMILES string of the molecule is CCCOC(=O)C(C)(C)CCN1CCN(C)CC1. The zero-order valence-electron chi connectivity index (χ0n) is 12.4. The van der Waals surface area contributed by atoms with E-state index in [1.165, 1.54) is 0 Å². The number of hydrogen-bond acceptors (Lipinski definition) is 4. The molecule has 18 heavy (non-hydrogen) atoms. The minimum atomic E-state index is -0.363. The number of rotatable bonds is 6. The van der Waals surface area contributed by atoms with Crippen LogP contribution in [0.2, 0.25) is 0 Å².